The van der Waals surface area contributed by atoms with Gasteiger partial charge in [0.1, 0.15) is 5.82 Å². The summed E-state index contributed by atoms with van der Waals surface area (Å²) in [4.78, 5) is 6.70. The number of anilines is 1. The molecule has 1 aliphatic rings. The van der Waals surface area contributed by atoms with Gasteiger partial charge in [0, 0.05) is 12.7 Å². The van der Waals surface area contributed by atoms with E-state index in [1.54, 1.807) is 6.20 Å². The Bertz CT molecular complexity index is 417. The van der Waals surface area contributed by atoms with Gasteiger partial charge in [0.05, 0.1) is 9.50 Å². The molecule has 0 amide bonds. The maximum Gasteiger partial charge on any atom is 0.140 e. The third-order valence-electron chi connectivity index (χ3n) is 3.68. The molecule has 1 fully saturated rings. The van der Waals surface area contributed by atoms with Gasteiger partial charge in [0.25, 0.3) is 0 Å². The molecule has 0 unspecified atom stereocenters. The van der Waals surface area contributed by atoms with Crippen LogP contribution in [0.5, 0.6) is 0 Å². The normalized spacial score (nSPS) is 19.8. The smallest absolute Gasteiger partial charge is 0.140 e. The lowest BCUT2D eigenvalue weighted by molar-refractivity contribution is 0.150. The second-order valence-electron chi connectivity index (χ2n) is 5.45. The van der Waals surface area contributed by atoms with E-state index >= 15 is 0 Å². The molecule has 0 radical (unpaired) electrons. The van der Waals surface area contributed by atoms with E-state index in [0.717, 1.165) is 16.8 Å². The number of piperidine rings is 1. The van der Waals surface area contributed by atoms with Gasteiger partial charge in [-0.15, -0.1) is 0 Å². The Labute approximate surface area is 122 Å². The number of nitrogens with zero attached hydrogens (tertiary/aromatic N) is 2. The van der Waals surface area contributed by atoms with Crippen LogP contribution in [0.15, 0.2) is 16.7 Å². The zero-order valence-corrected chi connectivity index (χ0v) is 13.2. The summed E-state index contributed by atoms with van der Waals surface area (Å²) in [5, 5.41) is 4.08. The fourth-order valence-corrected chi connectivity index (χ4v) is 2.96. The Morgan fingerprint density at radius 3 is 2.78 bits per heavy atom. The molecule has 0 spiro atoms. The minimum absolute atomic E-state index is 0.354. The minimum atomic E-state index is 0.354. The van der Waals surface area contributed by atoms with Crippen LogP contribution in [0.25, 0.3) is 0 Å². The third-order valence-corrected chi connectivity index (χ3v) is 4.50. The maximum atomic E-state index is 5.88. The molecule has 5 heteroatoms. The number of likely N-dealkylation sites (tertiary alicyclic amines) is 1. The Hall–Kier alpha value is -0.320. The van der Waals surface area contributed by atoms with Crippen molar-refractivity contribution in [2.75, 3.05) is 32.0 Å². The maximum absolute atomic E-state index is 5.88. The van der Waals surface area contributed by atoms with Crippen molar-refractivity contribution >= 4 is 33.3 Å². The van der Waals surface area contributed by atoms with Gasteiger partial charge in [-0.25, -0.2) is 4.98 Å². The fourth-order valence-electron chi connectivity index (χ4n) is 2.18. The molecule has 3 nitrogen and oxygen atoms in total. The quantitative estimate of drug-likeness (QED) is 0.916. The first-order chi connectivity index (χ1) is 8.48. The van der Waals surface area contributed by atoms with Gasteiger partial charge in [-0.2, -0.15) is 0 Å². The molecule has 0 atom stereocenters. The van der Waals surface area contributed by atoms with Crippen molar-refractivity contribution in [3.05, 3.63) is 21.8 Å². The summed E-state index contributed by atoms with van der Waals surface area (Å²) in [5.74, 6) is 0.875. The van der Waals surface area contributed by atoms with Crippen molar-refractivity contribution in [3.63, 3.8) is 0 Å². The number of halogens is 2. The zero-order valence-electron chi connectivity index (χ0n) is 10.8. The van der Waals surface area contributed by atoms with Gasteiger partial charge >= 0.3 is 0 Å². The van der Waals surface area contributed by atoms with Crippen LogP contribution in [0.4, 0.5) is 5.82 Å². The topological polar surface area (TPSA) is 28.2 Å². The molecule has 1 saturated heterocycles. The average Bonchev–Trinajstić information content (AvgIpc) is 2.32. The molecule has 2 heterocycles. The first-order valence-corrected chi connectivity index (χ1v) is 7.39. The highest BCUT2D eigenvalue weighted by atomic mass is 79.9. The molecule has 1 aromatic rings. The standard InChI is InChI=1S/C13H19BrClN3/c1-13(3-5-18(2)6-4-13)9-17-12-11(14)7-10(15)8-16-12/h7-8H,3-6,9H2,1-2H3,(H,16,17). The molecule has 0 aromatic carbocycles. The lowest BCUT2D eigenvalue weighted by atomic mass is 9.80. The molecule has 18 heavy (non-hydrogen) atoms. The predicted molar refractivity (Wildman–Crippen MR) is 80.3 cm³/mol. The van der Waals surface area contributed by atoms with Crippen molar-refractivity contribution in [1.82, 2.24) is 9.88 Å². The summed E-state index contributed by atoms with van der Waals surface area (Å²) in [6, 6.07) is 1.87. The molecule has 0 bridgehead atoms. The summed E-state index contributed by atoms with van der Waals surface area (Å²) in [6.45, 7) is 5.64. The van der Waals surface area contributed by atoms with Crippen molar-refractivity contribution in [3.8, 4) is 0 Å². The molecule has 1 aliphatic heterocycles. The molecular weight excluding hydrogens is 314 g/mol. The monoisotopic (exact) mass is 331 g/mol. The Balaban J connectivity index is 1.94. The molecule has 2 rings (SSSR count). The highest BCUT2D eigenvalue weighted by Gasteiger charge is 2.28. The number of nitrogens with one attached hydrogen (secondary N) is 1. The number of pyridine rings is 1. The van der Waals surface area contributed by atoms with Crippen molar-refractivity contribution in [2.24, 2.45) is 5.41 Å². The van der Waals surface area contributed by atoms with Gasteiger partial charge in [-0.1, -0.05) is 18.5 Å². The first-order valence-electron chi connectivity index (χ1n) is 6.22. The highest BCUT2D eigenvalue weighted by Crippen LogP contribution is 2.31. The molecular formula is C13H19BrClN3. The van der Waals surface area contributed by atoms with Crippen LogP contribution in [0.3, 0.4) is 0 Å². The highest BCUT2D eigenvalue weighted by molar-refractivity contribution is 9.10. The van der Waals surface area contributed by atoms with Gasteiger partial charge < -0.3 is 10.2 Å². The van der Waals surface area contributed by atoms with Gasteiger partial charge in [0.2, 0.25) is 0 Å². The average molecular weight is 333 g/mol. The van der Waals surface area contributed by atoms with Gasteiger partial charge in [0.15, 0.2) is 0 Å². The minimum Gasteiger partial charge on any atom is -0.369 e. The lowest BCUT2D eigenvalue weighted by Crippen LogP contribution is -2.40. The van der Waals surface area contributed by atoms with Crippen molar-refractivity contribution < 1.29 is 0 Å². The van der Waals surface area contributed by atoms with E-state index in [-0.39, 0.29) is 0 Å². The van der Waals surface area contributed by atoms with E-state index < -0.39 is 0 Å². The van der Waals surface area contributed by atoms with Gasteiger partial charge in [-0.05, 0) is 60.4 Å². The SMILES string of the molecule is CN1CCC(C)(CNc2ncc(Cl)cc2Br)CC1. The summed E-state index contributed by atoms with van der Waals surface area (Å²) < 4.78 is 0.923. The molecule has 100 valence electrons. The molecule has 1 aromatic heterocycles. The number of hydrogen-bond donors (Lipinski definition) is 1. The van der Waals surface area contributed by atoms with E-state index in [9.17, 15) is 0 Å². The van der Waals surface area contributed by atoms with Crippen LogP contribution in [-0.2, 0) is 0 Å². The second-order valence-corrected chi connectivity index (χ2v) is 6.74. The Kier molecular flexibility index (Phi) is 4.51. The lowest BCUT2D eigenvalue weighted by Gasteiger charge is -2.38. The first kappa shape index (κ1) is 14.1. The van der Waals surface area contributed by atoms with Crippen LogP contribution in [-0.4, -0.2) is 36.6 Å². The number of hydrogen-bond acceptors (Lipinski definition) is 3. The van der Waals surface area contributed by atoms with E-state index in [2.05, 4.69) is 45.1 Å². The molecule has 0 saturated carbocycles. The van der Waals surface area contributed by atoms with Crippen LogP contribution in [0.2, 0.25) is 5.02 Å². The van der Waals surface area contributed by atoms with E-state index in [0.29, 0.717) is 10.4 Å². The predicted octanol–water partition coefficient (Wildman–Crippen LogP) is 3.64. The summed E-state index contributed by atoms with van der Waals surface area (Å²) in [6.07, 6.45) is 4.12. The van der Waals surface area contributed by atoms with E-state index in [1.165, 1.54) is 25.9 Å². The van der Waals surface area contributed by atoms with Gasteiger partial charge in [-0.3, -0.25) is 0 Å². The third kappa shape index (κ3) is 3.59. The van der Waals surface area contributed by atoms with Crippen molar-refractivity contribution in [1.29, 1.82) is 0 Å². The molecule has 0 aliphatic carbocycles. The fraction of sp³-hybridized carbons (Fsp3) is 0.615. The number of aromatic nitrogens is 1. The Morgan fingerprint density at radius 1 is 1.50 bits per heavy atom. The van der Waals surface area contributed by atoms with Crippen molar-refractivity contribution in [2.45, 2.75) is 19.8 Å². The second kappa shape index (κ2) is 5.76. The summed E-state index contributed by atoms with van der Waals surface area (Å²) in [5.41, 5.74) is 0.354. The largest absolute Gasteiger partial charge is 0.369 e. The zero-order chi connectivity index (χ0) is 13.2. The van der Waals surface area contributed by atoms with Crippen LogP contribution < -0.4 is 5.32 Å². The number of rotatable bonds is 3. The van der Waals surface area contributed by atoms with Crippen LogP contribution >= 0.6 is 27.5 Å². The summed E-state index contributed by atoms with van der Waals surface area (Å²) in [7, 11) is 2.18. The summed E-state index contributed by atoms with van der Waals surface area (Å²) >= 11 is 9.37. The molecule has 1 N–H and O–H groups in total. The van der Waals surface area contributed by atoms with Crippen LogP contribution in [0.1, 0.15) is 19.8 Å². The Morgan fingerprint density at radius 2 is 2.17 bits per heavy atom. The van der Waals surface area contributed by atoms with E-state index in [4.69, 9.17) is 11.6 Å². The van der Waals surface area contributed by atoms with E-state index in [1.807, 2.05) is 6.07 Å². The van der Waals surface area contributed by atoms with Crippen LogP contribution in [0, 0.1) is 5.41 Å².